The Hall–Kier alpha value is -3.42. The number of nitrogen functional groups attached to an aromatic ring is 1. The number of hydrogen-bond acceptors (Lipinski definition) is 8. The van der Waals surface area contributed by atoms with Gasteiger partial charge in [0.05, 0.1) is 27.0 Å². The minimum absolute atomic E-state index is 0.103. The first-order chi connectivity index (χ1) is 12.7. The highest BCUT2D eigenvalue weighted by atomic mass is 16.5. The van der Waals surface area contributed by atoms with Crippen molar-refractivity contribution in [1.29, 1.82) is 0 Å². The number of hydrogen-bond donors (Lipinski definition) is 1. The van der Waals surface area contributed by atoms with E-state index in [1.165, 1.54) is 0 Å². The second-order valence-electron chi connectivity index (χ2n) is 5.25. The summed E-state index contributed by atoms with van der Waals surface area (Å²) in [5.74, 6) is 2.74. The maximum Gasteiger partial charge on any atom is 0.264 e. The van der Waals surface area contributed by atoms with Crippen LogP contribution in [-0.2, 0) is 6.61 Å². The predicted octanol–water partition coefficient (Wildman–Crippen LogP) is 2.92. The zero-order valence-electron chi connectivity index (χ0n) is 14.7. The molecule has 3 aromatic rings. The van der Waals surface area contributed by atoms with Crippen LogP contribution in [0.2, 0.25) is 0 Å². The van der Waals surface area contributed by atoms with E-state index in [4.69, 9.17) is 29.2 Å². The van der Waals surface area contributed by atoms with Crippen LogP contribution in [0.15, 0.2) is 40.9 Å². The molecule has 0 fully saturated rings. The van der Waals surface area contributed by atoms with Crippen LogP contribution in [0.5, 0.6) is 23.0 Å². The Morgan fingerprint density at radius 3 is 2.27 bits per heavy atom. The molecule has 2 N–H and O–H groups in total. The fourth-order valence-electron chi connectivity index (χ4n) is 2.39. The normalized spacial score (nSPS) is 10.4. The molecule has 0 spiro atoms. The van der Waals surface area contributed by atoms with Crippen molar-refractivity contribution in [2.24, 2.45) is 0 Å². The zero-order valence-corrected chi connectivity index (χ0v) is 14.7. The molecule has 8 nitrogen and oxygen atoms in total. The first-order valence-corrected chi connectivity index (χ1v) is 7.76. The third-order valence-electron chi connectivity index (χ3n) is 3.66. The number of nitrogens with two attached hydrogens (primary N) is 1. The number of methoxy groups -OCH3 is 3. The lowest BCUT2D eigenvalue weighted by molar-refractivity contribution is 0.244. The molecule has 0 aliphatic rings. The summed E-state index contributed by atoms with van der Waals surface area (Å²) in [4.78, 5) is 4.34. The van der Waals surface area contributed by atoms with Crippen LogP contribution in [0.25, 0.3) is 11.4 Å². The van der Waals surface area contributed by atoms with Crippen molar-refractivity contribution in [2.75, 3.05) is 27.1 Å². The van der Waals surface area contributed by atoms with Gasteiger partial charge in [-0.3, -0.25) is 0 Å². The molecule has 0 atom stereocenters. The topological polar surface area (TPSA) is 102 Å². The summed E-state index contributed by atoms with van der Waals surface area (Å²) in [6.45, 7) is 0.103. The van der Waals surface area contributed by atoms with E-state index in [2.05, 4.69) is 10.1 Å². The SMILES string of the molecule is COc1cc(-c2noc(COc3ccccc3N)n2)cc(OC)c1OC. The molecule has 136 valence electrons. The first-order valence-electron chi connectivity index (χ1n) is 7.76. The fraction of sp³-hybridized carbons (Fsp3) is 0.222. The lowest BCUT2D eigenvalue weighted by Crippen LogP contribution is -1.99. The second-order valence-corrected chi connectivity index (χ2v) is 5.25. The highest BCUT2D eigenvalue weighted by Gasteiger charge is 2.17. The van der Waals surface area contributed by atoms with Gasteiger partial charge in [-0.05, 0) is 24.3 Å². The molecule has 0 saturated carbocycles. The average Bonchev–Trinajstić information content (AvgIpc) is 3.15. The molecule has 0 radical (unpaired) electrons. The molecule has 8 heteroatoms. The third-order valence-corrected chi connectivity index (χ3v) is 3.66. The van der Waals surface area contributed by atoms with Crippen LogP contribution in [0.3, 0.4) is 0 Å². The Morgan fingerprint density at radius 1 is 0.962 bits per heavy atom. The van der Waals surface area contributed by atoms with Crippen LogP contribution >= 0.6 is 0 Å². The van der Waals surface area contributed by atoms with E-state index < -0.39 is 0 Å². The smallest absolute Gasteiger partial charge is 0.264 e. The van der Waals surface area contributed by atoms with E-state index >= 15 is 0 Å². The van der Waals surface area contributed by atoms with E-state index in [9.17, 15) is 0 Å². The molecule has 1 heterocycles. The van der Waals surface area contributed by atoms with Crippen molar-refractivity contribution in [1.82, 2.24) is 10.1 Å². The van der Waals surface area contributed by atoms with Gasteiger partial charge >= 0.3 is 0 Å². The van der Waals surface area contributed by atoms with Gasteiger partial charge in [0.15, 0.2) is 18.1 Å². The van der Waals surface area contributed by atoms with Gasteiger partial charge in [0.2, 0.25) is 11.6 Å². The molecule has 3 rings (SSSR count). The van der Waals surface area contributed by atoms with E-state index in [1.54, 1.807) is 45.6 Å². The highest BCUT2D eigenvalue weighted by molar-refractivity contribution is 5.66. The molecule has 0 unspecified atom stereocenters. The van der Waals surface area contributed by atoms with Gasteiger partial charge in [0, 0.05) is 5.56 Å². The molecule has 0 amide bonds. The highest BCUT2D eigenvalue weighted by Crippen LogP contribution is 2.40. The summed E-state index contributed by atoms with van der Waals surface area (Å²) in [5, 5.41) is 3.98. The molecular formula is C18H19N3O5. The van der Waals surface area contributed by atoms with Crippen molar-refractivity contribution >= 4 is 5.69 Å². The van der Waals surface area contributed by atoms with Crippen molar-refractivity contribution in [3.63, 3.8) is 0 Å². The zero-order chi connectivity index (χ0) is 18.5. The number of rotatable bonds is 7. The summed E-state index contributed by atoms with van der Waals surface area (Å²) in [6.07, 6.45) is 0. The predicted molar refractivity (Wildman–Crippen MR) is 94.6 cm³/mol. The summed E-state index contributed by atoms with van der Waals surface area (Å²) < 4.78 is 26.8. The maximum absolute atomic E-state index is 5.84. The number of aromatic nitrogens is 2. The molecule has 0 aliphatic carbocycles. The minimum Gasteiger partial charge on any atom is -0.493 e. The van der Waals surface area contributed by atoms with Gasteiger partial charge in [-0.2, -0.15) is 4.98 Å². The lowest BCUT2D eigenvalue weighted by Gasteiger charge is -2.12. The molecular weight excluding hydrogens is 338 g/mol. The van der Waals surface area contributed by atoms with Crippen molar-refractivity contribution in [3.05, 3.63) is 42.3 Å². The Morgan fingerprint density at radius 2 is 1.65 bits per heavy atom. The van der Waals surface area contributed by atoms with Crippen LogP contribution < -0.4 is 24.7 Å². The summed E-state index contributed by atoms with van der Waals surface area (Å²) >= 11 is 0. The Balaban J connectivity index is 1.82. The summed E-state index contributed by atoms with van der Waals surface area (Å²) in [6, 6.07) is 10.7. The Bertz CT molecular complexity index is 869. The van der Waals surface area contributed by atoms with Crippen LogP contribution in [0.4, 0.5) is 5.69 Å². The molecule has 2 aromatic carbocycles. The van der Waals surface area contributed by atoms with Gasteiger partial charge in [0.1, 0.15) is 5.75 Å². The van der Waals surface area contributed by atoms with Crippen molar-refractivity contribution in [2.45, 2.75) is 6.61 Å². The van der Waals surface area contributed by atoms with Crippen LogP contribution in [0, 0.1) is 0 Å². The quantitative estimate of drug-likeness (QED) is 0.644. The molecule has 0 bridgehead atoms. The minimum atomic E-state index is 0.103. The fourth-order valence-corrected chi connectivity index (χ4v) is 2.39. The number of nitrogens with zero attached hydrogens (tertiary/aromatic N) is 2. The number of ether oxygens (including phenoxy) is 4. The van der Waals surface area contributed by atoms with Crippen molar-refractivity contribution < 1.29 is 23.5 Å². The molecule has 0 saturated heterocycles. The lowest BCUT2D eigenvalue weighted by atomic mass is 10.1. The van der Waals surface area contributed by atoms with Gasteiger partial charge in [-0.15, -0.1) is 0 Å². The average molecular weight is 357 g/mol. The molecule has 26 heavy (non-hydrogen) atoms. The van der Waals surface area contributed by atoms with Crippen LogP contribution in [0.1, 0.15) is 5.89 Å². The van der Waals surface area contributed by atoms with Gasteiger partial charge < -0.3 is 29.2 Å². The molecule has 0 aliphatic heterocycles. The summed E-state index contributed by atoms with van der Waals surface area (Å²) in [5.41, 5.74) is 7.04. The van der Waals surface area contributed by atoms with Gasteiger partial charge in [0.25, 0.3) is 5.89 Å². The van der Waals surface area contributed by atoms with E-state index in [1.807, 2.05) is 12.1 Å². The summed E-state index contributed by atoms with van der Waals surface area (Å²) in [7, 11) is 4.63. The standard InChI is InChI=1S/C18H19N3O5/c1-22-14-8-11(9-15(23-2)17(14)24-3)18-20-16(26-21-18)10-25-13-7-5-4-6-12(13)19/h4-9H,10,19H2,1-3H3. The molecule has 1 aromatic heterocycles. The number of benzene rings is 2. The van der Waals surface area contributed by atoms with Crippen molar-refractivity contribution in [3.8, 4) is 34.4 Å². The number of para-hydroxylation sites is 2. The van der Waals surface area contributed by atoms with Crippen LogP contribution in [-0.4, -0.2) is 31.5 Å². The maximum atomic E-state index is 5.84. The first kappa shape index (κ1) is 17.4. The third kappa shape index (κ3) is 3.49. The van der Waals surface area contributed by atoms with Gasteiger partial charge in [-0.25, -0.2) is 0 Å². The second kappa shape index (κ2) is 7.64. The Labute approximate surface area is 150 Å². The van der Waals surface area contributed by atoms with E-state index in [0.29, 0.717) is 46.0 Å². The van der Waals surface area contributed by atoms with E-state index in [0.717, 1.165) is 0 Å². The van der Waals surface area contributed by atoms with E-state index in [-0.39, 0.29) is 6.61 Å². The largest absolute Gasteiger partial charge is 0.493 e. The number of anilines is 1. The monoisotopic (exact) mass is 357 g/mol. The Kier molecular flexibility index (Phi) is 5.12. The van der Waals surface area contributed by atoms with Gasteiger partial charge in [-0.1, -0.05) is 17.3 Å².